The van der Waals surface area contributed by atoms with Crippen molar-refractivity contribution in [1.82, 2.24) is 14.3 Å². The minimum Gasteiger partial charge on any atom is -0.481 e. The zero-order valence-electron chi connectivity index (χ0n) is 14.3. The highest BCUT2D eigenvalue weighted by Crippen LogP contribution is 2.33. The third kappa shape index (κ3) is 3.41. The van der Waals surface area contributed by atoms with Gasteiger partial charge in [0.2, 0.25) is 27.7 Å². The number of hydrogen-bond acceptors (Lipinski definition) is 7. The summed E-state index contributed by atoms with van der Waals surface area (Å²) in [7, 11) is 1.68. The fourth-order valence-corrected chi connectivity index (χ4v) is 4.81. The summed E-state index contributed by atoms with van der Waals surface area (Å²) in [5, 5.41) is -0.161. The number of rotatable bonds is 6. The second kappa shape index (κ2) is 6.72. The van der Waals surface area contributed by atoms with Crippen LogP contribution in [0.15, 0.2) is 6.07 Å². The van der Waals surface area contributed by atoms with Crippen molar-refractivity contribution < 1.29 is 17.9 Å². The van der Waals surface area contributed by atoms with Gasteiger partial charge in [0.15, 0.2) is 0 Å². The van der Waals surface area contributed by atoms with E-state index in [0.29, 0.717) is 30.8 Å². The lowest BCUT2D eigenvalue weighted by Gasteiger charge is -2.36. The Bertz CT molecular complexity index is 662. The van der Waals surface area contributed by atoms with E-state index in [1.165, 1.54) is 0 Å². The van der Waals surface area contributed by atoms with Gasteiger partial charge in [-0.05, 0) is 25.7 Å². The molecule has 0 radical (unpaired) electrons. The number of piperidine rings is 1. The molecule has 8 nitrogen and oxygen atoms in total. The topological polar surface area (TPSA) is 84.9 Å². The highest BCUT2D eigenvalue weighted by atomic mass is 32.2. The Balaban J connectivity index is 1.67. The summed E-state index contributed by atoms with van der Waals surface area (Å²) < 4.78 is 36.7. The molecule has 0 N–H and O–H groups in total. The van der Waals surface area contributed by atoms with Gasteiger partial charge in [0.05, 0.1) is 25.5 Å². The summed E-state index contributed by atoms with van der Waals surface area (Å²) in [6.07, 6.45) is 3.10. The number of sulfonamides is 1. The second-order valence-electron chi connectivity index (χ2n) is 6.23. The monoisotopic (exact) mass is 356 g/mol. The van der Waals surface area contributed by atoms with Crippen LogP contribution in [0.5, 0.6) is 11.8 Å². The van der Waals surface area contributed by atoms with Crippen molar-refractivity contribution in [3.05, 3.63) is 6.07 Å². The maximum absolute atomic E-state index is 12.4. The molecule has 2 heterocycles. The van der Waals surface area contributed by atoms with Crippen molar-refractivity contribution in [2.45, 2.75) is 37.0 Å². The number of methoxy groups -OCH3 is 2. The first-order chi connectivity index (χ1) is 11.5. The van der Waals surface area contributed by atoms with Crippen LogP contribution in [-0.4, -0.2) is 68.3 Å². The Morgan fingerprint density at radius 3 is 2.08 bits per heavy atom. The normalized spacial score (nSPS) is 19.6. The second-order valence-corrected chi connectivity index (χ2v) is 8.50. The molecule has 24 heavy (non-hydrogen) atoms. The lowest BCUT2D eigenvalue weighted by atomic mass is 10.1. The van der Waals surface area contributed by atoms with Gasteiger partial charge in [-0.3, -0.25) is 0 Å². The van der Waals surface area contributed by atoms with E-state index in [2.05, 4.69) is 9.97 Å². The first-order valence-corrected chi connectivity index (χ1v) is 9.65. The number of hydrogen-bond donors (Lipinski definition) is 0. The molecule has 1 aliphatic heterocycles. The molecule has 1 saturated carbocycles. The predicted octanol–water partition coefficient (Wildman–Crippen LogP) is 0.887. The van der Waals surface area contributed by atoms with Gasteiger partial charge < -0.3 is 14.4 Å². The molecule has 2 fully saturated rings. The van der Waals surface area contributed by atoms with Crippen LogP contribution in [0.2, 0.25) is 0 Å². The lowest BCUT2D eigenvalue weighted by molar-refractivity contribution is 0.309. The molecule has 1 aromatic heterocycles. The first kappa shape index (κ1) is 17.2. The molecule has 2 aliphatic rings. The molecule has 0 spiro atoms. The Hall–Kier alpha value is -1.61. The Labute approximate surface area is 142 Å². The average molecular weight is 356 g/mol. The zero-order chi connectivity index (χ0) is 17.3. The van der Waals surface area contributed by atoms with Crippen molar-refractivity contribution in [1.29, 1.82) is 0 Å². The molecule has 9 heteroatoms. The van der Waals surface area contributed by atoms with E-state index in [1.807, 2.05) is 4.90 Å². The summed E-state index contributed by atoms with van der Waals surface area (Å²) in [5.41, 5.74) is 0. The highest BCUT2D eigenvalue weighted by Gasteiger charge is 2.41. The minimum absolute atomic E-state index is 0.0411. The molecule has 1 aliphatic carbocycles. The summed E-state index contributed by atoms with van der Waals surface area (Å²) in [6, 6.07) is 1.67. The Kier molecular flexibility index (Phi) is 4.82. The van der Waals surface area contributed by atoms with Crippen molar-refractivity contribution in [2.75, 3.05) is 39.3 Å². The fourth-order valence-electron chi connectivity index (χ4n) is 2.98. The zero-order valence-corrected chi connectivity index (χ0v) is 15.1. The van der Waals surface area contributed by atoms with E-state index in [9.17, 15) is 8.42 Å². The van der Waals surface area contributed by atoms with Gasteiger partial charge in [0.25, 0.3) is 0 Å². The number of ether oxygens (including phenoxy) is 2. The van der Waals surface area contributed by atoms with E-state index in [-0.39, 0.29) is 11.3 Å². The molecule has 0 atom stereocenters. The number of nitrogens with zero attached hydrogens (tertiary/aromatic N) is 4. The summed E-state index contributed by atoms with van der Waals surface area (Å²) in [6.45, 7) is 1.40. The summed E-state index contributed by atoms with van der Waals surface area (Å²) in [4.78, 5) is 10.8. The SMILES string of the molecule is COc1cc(OC)nc(N2CCC(N(C)S(=O)(=O)C3CC3)CC2)n1. The van der Waals surface area contributed by atoms with Gasteiger partial charge in [-0.2, -0.15) is 9.97 Å². The van der Waals surface area contributed by atoms with Crippen molar-refractivity contribution in [3.8, 4) is 11.8 Å². The number of anilines is 1. The quantitative estimate of drug-likeness (QED) is 0.748. The molecular weight excluding hydrogens is 332 g/mol. The van der Waals surface area contributed by atoms with Crippen LogP contribution < -0.4 is 14.4 Å². The molecular formula is C15H24N4O4S. The summed E-state index contributed by atoms with van der Waals surface area (Å²) >= 11 is 0. The molecule has 1 aromatic rings. The van der Waals surface area contributed by atoms with Gasteiger partial charge in [0.1, 0.15) is 0 Å². The van der Waals surface area contributed by atoms with E-state index in [4.69, 9.17) is 9.47 Å². The molecule has 3 rings (SSSR count). The third-order valence-corrected chi connectivity index (χ3v) is 7.11. The standard InChI is InChI=1S/C15H24N4O4S/c1-18(24(20,21)12-4-5-12)11-6-8-19(9-7-11)15-16-13(22-2)10-14(17-15)23-3/h10-12H,4-9H2,1-3H3. The minimum atomic E-state index is -3.13. The Morgan fingerprint density at radius 2 is 1.62 bits per heavy atom. The van der Waals surface area contributed by atoms with E-state index >= 15 is 0 Å². The molecule has 1 saturated heterocycles. The van der Waals surface area contributed by atoms with Crippen molar-refractivity contribution in [2.24, 2.45) is 0 Å². The maximum atomic E-state index is 12.4. The summed E-state index contributed by atoms with van der Waals surface area (Å²) in [5.74, 6) is 1.46. The lowest BCUT2D eigenvalue weighted by Crippen LogP contribution is -2.46. The van der Waals surface area contributed by atoms with Crippen LogP contribution in [0, 0.1) is 0 Å². The van der Waals surface area contributed by atoms with Crippen LogP contribution in [0.25, 0.3) is 0 Å². The van der Waals surface area contributed by atoms with Gasteiger partial charge in [-0.25, -0.2) is 12.7 Å². The van der Waals surface area contributed by atoms with Crippen LogP contribution in [0.4, 0.5) is 5.95 Å². The third-order valence-electron chi connectivity index (χ3n) is 4.69. The Morgan fingerprint density at radius 1 is 1.08 bits per heavy atom. The predicted molar refractivity (Wildman–Crippen MR) is 90.1 cm³/mol. The molecule has 0 aromatic carbocycles. The van der Waals surface area contributed by atoms with Crippen molar-refractivity contribution in [3.63, 3.8) is 0 Å². The average Bonchev–Trinajstić information content (AvgIpc) is 3.46. The van der Waals surface area contributed by atoms with E-state index < -0.39 is 10.0 Å². The number of aromatic nitrogens is 2. The van der Waals surface area contributed by atoms with Crippen LogP contribution in [0.1, 0.15) is 25.7 Å². The molecule has 0 bridgehead atoms. The van der Waals surface area contributed by atoms with Gasteiger partial charge in [-0.15, -0.1) is 0 Å². The first-order valence-electron chi connectivity index (χ1n) is 8.14. The maximum Gasteiger partial charge on any atom is 0.231 e. The van der Waals surface area contributed by atoms with Crippen LogP contribution in [-0.2, 0) is 10.0 Å². The molecule has 0 amide bonds. The van der Waals surface area contributed by atoms with Crippen LogP contribution >= 0.6 is 0 Å². The largest absolute Gasteiger partial charge is 0.481 e. The molecule has 0 unspecified atom stereocenters. The van der Waals surface area contributed by atoms with E-state index in [1.54, 1.807) is 31.6 Å². The van der Waals surface area contributed by atoms with Gasteiger partial charge >= 0.3 is 0 Å². The smallest absolute Gasteiger partial charge is 0.231 e. The van der Waals surface area contributed by atoms with E-state index in [0.717, 1.165) is 25.7 Å². The van der Waals surface area contributed by atoms with Crippen LogP contribution in [0.3, 0.4) is 0 Å². The highest BCUT2D eigenvalue weighted by molar-refractivity contribution is 7.90. The van der Waals surface area contributed by atoms with Gasteiger partial charge in [-0.1, -0.05) is 0 Å². The fraction of sp³-hybridized carbons (Fsp3) is 0.733. The van der Waals surface area contributed by atoms with Gasteiger partial charge in [0, 0.05) is 26.2 Å². The van der Waals surface area contributed by atoms with Crippen molar-refractivity contribution >= 4 is 16.0 Å². The molecule has 134 valence electrons.